The van der Waals surface area contributed by atoms with Gasteiger partial charge in [0.15, 0.2) is 5.78 Å². The molecule has 0 amide bonds. The van der Waals surface area contributed by atoms with Gasteiger partial charge in [-0.3, -0.25) is 4.79 Å². The van der Waals surface area contributed by atoms with Crippen LogP contribution < -0.4 is 4.74 Å². The number of carbonyl (C=O) groups excluding carboxylic acids is 1. The number of ketones is 1. The Morgan fingerprint density at radius 3 is 2.52 bits per heavy atom. The van der Waals surface area contributed by atoms with Crippen LogP contribution in [0.4, 0.5) is 0 Å². The number of benzene rings is 2. The molecule has 2 aromatic carbocycles. The van der Waals surface area contributed by atoms with Crippen molar-refractivity contribution in [2.75, 3.05) is 0 Å². The fourth-order valence-electron chi connectivity index (χ4n) is 2.79. The number of rotatable bonds is 6. The van der Waals surface area contributed by atoms with E-state index in [0.29, 0.717) is 23.7 Å². The van der Waals surface area contributed by atoms with E-state index < -0.39 is 0 Å². The lowest BCUT2D eigenvalue weighted by atomic mass is 10.1. The van der Waals surface area contributed by atoms with Gasteiger partial charge in [-0.25, -0.2) is 9.97 Å². The van der Waals surface area contributed by atoms with Crippen LogP contribution in [0.3, 0.4) is 0 Å². The van der Waals surface area contributed by atoms with Gasteiger partial charge in [-0.05, 0) is 17.7 Å². The highest BCUT2D eigenvalue weighted by atomic mass is 16.5. The van der Waals surface area contributed by atoms with Crippen molar-refractivity contribution >= 4 is 22.9 Å². The zero-order valence-corrected chi connectivity index (χ0v) is 14.5. The van der Waals surface area contributed by atoms with Gasteiger partial charge in [0, 0.05) is 17.3 Å². The highest BCUT2D eigenvalue weighted by Crippen LogP contribution is 2.27. The first kappa shape index (κ1) is 16.7. The minimum absolute atomic E-state index is 0.0615. The molecular weight excluding hydrogens is 338 g/mol. The molecule has 0 aliphatic heterocycles. The fraction of sp³-hybridized carbons (Fsp3) is 0.0455. The van der Waals surface area contributed by atoms with Crippen molar-refractivity contribution in [2.45, 2.75) is 6.61 Å². The van der Waals surface area contributed by atoms with E-state index in [1.807, 2.05) is 48.5 Å². The number of carbonyl (C=O) groups is 1. The summed E-state index contributed by atoms with van der Waals surface area (Å²) in [6.45, 7) is 0.407. The van der Waals surface area contributed by atoms with Crippen LogP contribution in [0, 0.1) is 0 Å². The number of H-pyrrole nitrogens is 1. The van der Waals surface area contributed by atoms with Crippen LogP contribution in [0.2, 0.25) is 0 Å². The second-order valence-corrected chi connectivity index (χ2v) is 5.98. The Balaban J connectivity index is 1.60. The lowest BCUT2D eigenvalue weighted by molar-refractivity contribution is 0.104. The van der Waals surface area contributed by atoms with Crippen molar-refractivity contribution in [3.05, 3.63) is 96.0 Å². The molecule has 2 heterocycles. The van der Waals surface area contributed by atoms with E-state index in [0.717, 1.165) is 16.5 Å². The van der Waals surface area contributed by atoms with Crippen LogP contribution >= 0.6 is 0 Å². The van der Waals surface area contributed by atoms with Gasteiger partial charge in [-0.1, -0.05) is 60.7 Å². The second-order valence-electron chi connectivity index (χ2n) is 5.98. The Kier molecular flexibility index (Phi) is 4.74. The summed E-state index contributed by atoms with van der Waals surface area (Å²) in [5.74, 6) is 0.422. The molecule has 4 aromatic rings. The van der Waals surface area contributed by atoms with E-state index in [-0.39, 0.29) is 5.78 Å². The Morgan fingerprint density at radius 1 is 1.00 bits per heavy atom. The van der Waals surface area contributed by atoms with Crippen LogP contribution in [0.15, 0.2) is 79.3 Å². The molecule has 0 fully saturated rings. The summed E-state index contributed by atoms with van der Waals surface area (Å²) in [5, 5.41) is 0.755. The van der Waals surface area contributed by atoms with Crippen LogP contribution in [-0.2, 0) is 6.61 Å². The number of aromatic nitrogens is 3. The van der Waals surface area contributed by atoms with Gasteiger partial charge in [0.2, 0.25) is 5.88 Å². The molecule has 0 aliphatic rings. The van der Waals surface area contributed by atoms with E-state index in [1.165, 1.54) is 6.33 Å². The van der Waals surface area contributed by atoms with Gasteiger partial charge in [0.25, 0.3) is 0 Å². The van der Waals surface area contributed by atoms with Crippen LogP contribution in [0.1, 0.15) is 21.5 Å². The molecule has 0 saturated heterocycles. The molecule has 0 saturated carbocycles. The first-order chi connectivity index (χ1) is 13.3. The predicted octanol–water partition coefficient (Wildman–Crippen LogP) is 4.43. The average Bonchev–Trinajstić information content (AvgIpc) is 3.15. The number of hydrogen-bond donors (Lipinski definition) is 1. The van der Waals surface area contributed by atoms with Crippen molar-refractivity contribution in [1.82, 2.24) is 15.0 Å². The number of hydrogen-bond acceptors (Lipinski definition) is 4. The zero-order chi connectivity index (χ0) is 18.5. The topological polar surface area (TPSA) is 67.9 Å². The third-order valence-corrected chi connectivity index (χ3v) is 4.16. The monoisotopic (exact) mass is 355 g/mol. The molecule has 132 valence electrons. The molecule has 0 bridgehead atoms. The van der Waals surface area contributed by atoms with E-state index in [1.54, 1.807) is 30.5 Å². The molecular formula is C22H17N3O2. The summed E-state index contributed by atoms with van der Waals surface area (Å²) in [5.41, 5.74) is 3.17. The van der Waals surface area contributed by atoms with Crippen LogP contribution in [0.25, 0.3) is 17.1 Å². The predicted molar refractivity (Wildman–Crippen MR) is 104 cm³/mol. The highest BCUT2D eigenvalue weighted by molar-refractivity contribution is 6.07. The molecule has 0 atom stereocenters. The van der Waals surface area contributed by atoms with E-state index in [2.05, 4.69) is 15.0 Å². The number of nitrogens with zero attached hydrogens (tertiary/aromatic N) is 2. The Hall–Kier alpha value is -3.73. The average molecular weight is 355 g/mol. The van der Waals surface area contributed by atoms with E-state index >= 15 is 0 Å². The molecule has 0 aliphatic carbocycles. The van der Waals surface area contributed by atoms with Crippen molar-refractivity contribution < 1.29 is 9.53 Å². The minimum atomic E-state index is -0.0615. The van der Waals surface area contributed by atoms with Gasteiger partial charge in [0.1, 0.15) is 18.6 Å². The summed E-state index contributed by atoms with van der Waals surface area (Å²) >= 11 is 0. The number of fused-ring (bicyclic) bond motifs is 1. The number of ether oxygens (including phenoxy) is 1. The SMILES string of the molecule is O=C(C=Cc1c[nH]c2ncnc(OCc3ccccc3)c12)c1ccccc1. The first-order valence-corrected chi connectivity index (χ1v) is 8.57. The lowest BCUT2D eigenvalue weighted by Gasteiger charge is -2.06. The van der Waals surface area contributed by atoms with Gasteiger partial charge in [-0.15, -0.1) is 0 Å². The summed E-state index contributed by atoms with van der Waals surface area (Å²) in [6.07, 6.45) is 6.56. The smallest absolute Gasteiger partial charge is 0.227 e. The summed E-state index contributed by atoms with van der Waals surface area (Å²) < 4.78 is 5.91. The molecule has 0 unspecified atom stereocenters. The van der Waals surface area contributed by atoms with Crippen molar-refractivity contribution in [1.29, 1.82) is 0 Å². The van der Waals surface area contributed by atoms with Crippen LogP contribution in [0.5, 0.6) is 5.88 Å². The van der Waals surface area contributed by atoms with E-state index in [4.69, 9.17) is 4.74 Å². The quantitative estimate of drug-likeness (QED) is 0.410. The van der Waals surface area contributed by atoms with Gasteiger partial charge < -0.3 is 9.72 Å². The molecule has 1 N–H and O–H groups in total. The van der Waals surface area contributed by atoms with Crippen molar-refractivity contribution in [3.63, 3.8) is 0 Å². The molecule has 0 radical (unpaired) electrons. The molecule has 2 aromatic heterocycles. The number of allylic oxidation sites excluding steroid dienone is 1. The normalized spacial score (nSPS) is 11.1. The maximum Gasteiger partial charge on any atom is 0.227 e. The Bertz CT molecular complexity index is 1090. The van der Waals surface area contributed by atoms with Gasteiger partial charge >= 0.3 is 0 Å². The third kappa shape index (κ3) is 3.77. The Labute approximate surface area is 156 Å². The minimum Gasteiger partial charge on any atom is -0.472 e. The standard InChI is InChI=1S/C22H17N3O2/c26-19(17-9-5-2-6-10-17)12-11-18-13-23-21-20(18)22(25-15-24-21)27-14-16-7-3-1-4-8-16/h1-13,15H,14H2,(H,23,24,25). The molecule has 27 heavy (non-hydrogen) atoms. The summed E-state index contributed by atoms with van der Waals surface area (Å²) in [4.78, 5) is 23.9. The molecule has 0 spiro atoms. The number of aromatic amines is 1. The molecule has 5 nitrogen and oxygen atoms in total. The van der Waals surface area contributed by atoms with Crippen molar-refractivity contribution in [2.24, 2.45) is 0 Å². The van der Waals surface area contributed by atoms with Crippen molar-refractivity contribution in [3.8, 4) is 5.88 Å². The summed E-state index contributed by atoms with van der Waals surface area (Å²) in [7, 11) is 0. The zero-order valence-electron chi connectivity index (χ0n) is 14.5. The summed E-state index contributed by atoms with van der Waals surface area (Å²) in [6, 6.07) is 19.0. The molecule has 5 heteroatoms. The largest absolute Gasteiger partial charge is 0.472 e. The van der Waals surface area contributed by atoms with Crippen LogP contribution in [-0.4, -0.2) is 20.7 Å². The Morgan fingerprint density at radius 2 is 1.74 bits per heavy atom. The fourth-order valence-corrected chi connectivity index (χ4v) is 2.79. The number of nitrogens with one attached hydrogen (secondary N) is 1. The lowest BCUT2D eigenvalue weighted by Crippen LogP contribution is -1.98. The van der Waals surface area contributed by atoms with Gasteiger partial charge in [0.05, 0.1) is 5.39 Å². The first-order valence-electron chi connectivity index (χ1n) is 8.57. The van der Waals surface area contributed by atoms with Gasteiger partial charge in [-0.2, -0.15) is 0 Å². The molecule has 4 rings (SSSR count). The maximum absolute atomic E-state index is 12.3. The highest BCUT2D eigenvalue weighted by Gasteiger charge is 2.11. The van der Waals surface area contributed by atoms with E-state index in [9.17, 15) is 4.79 Å². The second kappa shape index (κ2) is 7.66. The third-order valence-electron chi connectivity index (χ3n) is 4.16. The maximum atomic E-state index is 12.3.